The maximum absolute atomic E-state index is 10.8. The molecule has 0 aromatic heterocycles. The molecule has 0 aliphatic heterocycles. The van der Waals surface area contributed by atoms with Crippen LogP contribution >= 0.6 is 15.9 Å². The lowest BCUT2D eigenvalue weighted by molar-refractivity contribution is -0.147. The van der Waals surface area contributed by atoms with Crippen molar-refractivity contribution in [3.05, 3.63) is 34.9 Å². The van der Waals surface area contributed by atoms with Gasteiger partial charge in [0.05, 0.1) is 0 Å². The molecule has 0 saturated heterocycles. The minimum absolute atomic E-state index is 0.373. The Bertz CT molecular complexity index is 417. The Hall–Kier alpha value is -1.20. The van der Waals surface area contributed by atoms with Crippen LogP contribution in [0.15, 0.2) is 18.2 Å². The Kier molecular flexibility index (Phi) is 5.31. The lowest BCUT2D eigenvalue weighted by Gasteiger charge is -2.12. The third-order valence-electron chi connectivity index (χ3n) is 2.43. The van der Waals surface area contributed by atoms with Crippen molar-refractivity contribution in [1.82, 2.24) is 0 Å². The first-order chi connectivity index (χ1) is 8.10. The van der Waals surface area contributed by atoms with Gasteiger partial charge in [-0.3, -0.25) is 0 Å². The fourth-order valence-electron chi connectivity index (χ4n) is 1.53. The van der Waals surface area contributed by atoms with E-state index in [-0.39, 0.29) is 0 Å². The van der Waals surface area contributed by atoms with Crippen LogP contribution in [0.4, 0.5) is 0 Å². The summed E-state index contributed by atoms with van der Waals surface area (Å²) in [5, 5.41) is 18.8. The molecule has 4 nitrogen and oxygen atoms in total. The van der Waals surface area contributed by atoms with Crippen LogP contribution in [0.25, 0.3) is 0 Å². The van der Waals surface area contributed by atoms with Crippen LogP contribution in [0.1, 0.15) is 29.2 Å². The van der Waals surface area contributed by atoms with E-state index in [1.54, 1.807) is 12.1 Å². The topological polar surface area (TPSA) is 74.6 Å². The van der Waals surface area contributed by atoms with Crippen molar-refractivity contribution in [2.24, 2.45) is 0 Å². The first kappa shape index (κ1) is 13.9. The quantitative estimate of drug-likeness (QED) is 0.621. The number of alkyl halides is 1. The average Bonchev–Trinajstić information content (AvgIpc) is 2.34. The normalized spacial score (nSPS) is 12.1. The molecular formula is C12H13BrO4. The molecule has 92 valence electrons. The molecule has 0 aliphatic rings. The Balaban J connectivity index is 3.05. The predicted octanol–water partition coefficient (Wildman–Crippen LogP) is 1.83. The molecule has 0 saturated carbocycles. The van der Waals surface area contributed by atoms with Crippen molar-refractivity contribution in [2.75, 3.05) is 0 Å². The van der Waals surface area contributed by atoms with E-state index < -0.39 is 12.1 Å². The number of aliphatic hydroxyl groups excluding tert-OH is 1. The van der Waals surface area contributed by atoms with E-state index in [0.29, 0.717) is 23.7 Å². The SMILES string of the molecule is O=CCCc1ccc(CBr)c(C(O)C(=O)O)c1. The van der Waals surface area contributed by atoms with E-state index in [4.69, 9.17) is 5.11 Å². The van der Waals surface area contributed by atoms with E-state index >= 15 is 0 Å². The summed E-state index contributed by atoms with van der Waals surface area (Å²) in [4.78, 5) is 21.0. The Morgan fingerprint density at radius 1 is 1.47 bits per heavy atom. The number of carbonyl (C=O) groups excluding carboxylic acids is 1. The number of hydrogen-bond donors (Lipinski definition) is 2. The van der Waals surface area contributed by atoms with Crippen LogP contribution in [0.3, 0.4) is 0 Å². The minimum atomic E-state index is -1.53. The van der Waals surface area contributed by atoms with Gasteiger partial charge in [0.2, 0.25) is 0 Å². The Morgan fingerprint density at radius 2 is 2.18 bits per heavy atom. The summed E-state index contributed by atoms with van der Waals surface area (Å²) >= 11 is 3.24. The van der Waals surface area contributed by atoms with Crippen LogP contribution in [0.2, 0.25) is 0 Å². The maximum Gasteiger partial charge on any atom is 0.337 e. The van der Waals surface area contributed by atoms with Gasteiger partial charge in [-0.2, -0.15) is 0 Å². The first-order valence-electron chi connectivity index (χ1n) is 5.12. The molecule has 0 amide bonds. The number of aliphatic carboxylic acids is 1. The summed E-state index contributed by atoms with van der Waals surface area (Å²) in [5.41, 5.74) is 1.95. The number of hydrogen-bond acceptors (Lipinski definition) is 3. The second-order valence-electron chi connectivity index (χ2n) is 3.61. The van der Waals surface area contributed by atoms with E-state index in [1.807, 2.05) is 6.07 Å². The Morgan fingerprint density at radius 3 is 2.71 bits per heavy atom. The molecule has 1 aromatic rings. The summed E-state index contributed by atoms with van der Waals surface area (Å²) in [6.07, 6.45) is 0.214. The van der Waals surface area contributed by atoms with E-state index in [1.165, 1.54) is 0 Å². The van der Waals surface area contributed by atoms with Gasteiger partial charge in [-0.05, 0) is 23.1 Å². The smallest absolute Gasteiger partial charge is 0.337 e. The van der Waals surface area contributed by atoms with Crippen molar-refractivity contribution in [3.8, 4) is 0 Å². The highest BCUT2D eigenvalue weighted by Crippen LogP contribution is 2.23. The average molecular weight is 301 g/mol. The van der Waals surface area contributed by atoms with Gasteiger partial charge >= 0.3 is 5.97 Å². The molecule has 0 radical (unpaired) electrons. The van der Waals surface area contributed by atoms with Crippen LogP contribution < -0.4 is 0 Å². The van der Waals surface area contributed by atoms with Gasteiger partial charge in [0.1, 0.15) is 6.29 Å². The highest BCUT2D eigenvalue weighted by Gasteiger charge is 2.19. The molecular weight excluding hydrogens is 288 g/mol. The largest absolute Gasteiger partial charge is 0.479 e. The molecule has 1 aromatic carbocycles. The summed E-state index contributed by atoms with van der Waals surface area (Å²) in [6, 6.07) is 5.23. The summed E-state index contributed by atoms with van der Waals surface area (Å²) in [6.45, 7) is 0. The molecule has 17 heavy (non-hydrogen) atoms. The van der Waals surface area contributed by atoms with E-state index in [0.717, 1.165) is 17.4 Å². The zero-order valence-corrected chi connectivity index (χ0v) is 10.7. The molecule has 0 spiro atoms. The number of carboxylic acid groups (broad SMARTS) is 1. The lowest BCUT2D eigenvalue weighted by Crippen LogP contribution is -2.12. The monoisotopic (exact) mass is 300 g/mol. The van der Waals surface area contributed by atoms with Gasteiger partial charge in [0.25, 0.3) is 0 Å². The molecule has 0 fully saturated rings. The highest BCUT2D eigenvalue weighted by molar-refractivity contribution is 9.08. The van der Waals surface area contributed by atoms with E-state index in [9.17, 15) is 14.7 Å². The number of aliphatic hydroxyl groups is 1. The standard InChI is InChI=1S/C12H13BrO4/c13-7-9-4-3-8(2-1-5-14)6-10(9)11(15)12(16)17/h3-6,11,15H,1-2,7H2,(H,16,17). The van der Waals surface area contributed by atoms with Gasteiger partial charge in [-0.15, -0.1) is 0 Å². The minimum Gasteiger partial charge on any atom is -0.479 e. The van der Waals surface area contributed by atoms with Crippen LogP contribution in [0, 0.1) is 0 Å². The van der Waals surface area contributed by atoms with E-state index in [2.05, 4.69) is 15.9 Å². The van der Waals surface area contributed by atoms with Crippen molar-refractivity contribution >= 4 is 28.2 Å². The van der Waals surface area contributed by atoms with Gasteiger partial charge in [-0.25, -0.2) is 4.79 Å². The van der Waals surface area contributed by atoms with Crippen LogP contribution in [0.5, 0.6) is 0 Å². The first-order valence-corrected chi connectivity index (χ1v) is 6.24. The molecule has 1 unspecified atom stereocenters. The number of aryl methyl sites for hydroxylation is 1. The fourth-order valence-corrected chi connectivity index (χ4v) is 2.05. The van der Waals surface area contributed by atoms with Crippen LogP contribution in [-0.4, -0.2) is 22.5 Å². The number of halogens is 1. The van der Waals surface area contributed by atoms with Gasteiger partial charge < -0.3 is 15.0 Å². The highest BCUT2D eigenvalue weighted by atomic mass is 79.9. The molecule has 0 bridgehead atoms. The third kappa shape index (κ3) is 3.64. The van der Waals surface area contributed by atoms with Crippen molar-refractivity contribution in [2.45, 2.75) is 24.3 Å². The maximum atomic E-state index is 10.8. The molecule has 0 aliphatic carbocycles. The summed E-state index contributed by atoms with van der Waals surface area (Å²) < 4.78 is 0. The van der Waals surface area contributed by atoms with Crippen molar-refractivity contribution < 1.29 is 19.8 Å². The molecule has 2 N–H and O–H groups in total. The second kappa shape index (κ2) is 6.51. The number of aldehydes is 1. The molecule has 5 heteroatoms. The molecule has 1 rings (SSSR count). The number of carboxylic acids is 1. The van der Waals surface area contributed by atoms with Gasteiger partial charge in [0.15, 0.2) is 6.10 Å². The zero-order valence-electron chi connectivity index (χ0n) is 9.10. The molecule has 1 atom stereocenters. The second-order valence-corrected chi connectivity index (χ2v) is 4.17. The Labute approximate surface area is 107 Å². The van der Waals surface area contributed by atoms with Crippen LogP contribution in [-0.2, 0) is 21.3 Å². The summed E-state index contributed by atoms with van der Waals surface area (Å²) in [5.74, 6) is -1.28. The lowest BCUT2D eigenvalue weighted by atomic mass is 9.98. The summed E-state index contributed by atoms with van der Waals surface area (Å²) in [7, 11) is 0. The fraction of sp³-hybridized carbons (Fsp3) is 0.333. The third-order valence-corrected chi connectivity index (χ3v) is 3.04. The van der Waals surface area contributed by atoms with Crippen molar-refractivity contribution in [1.29, 1.82) is 0 Å². The van der Waals surface area contributed by atoms with Gasteiger partial charge in [-0.1, -0.05) is 34.1 Å². The number of rotatable bonds is 6. The number of carbonyl (C=O) groups is 2. The zero-order chi connectivity index (χ0) is 12.8. The van der Waals surface area contributed by atoms with Gasteiger partial charge in [0, 0.05) is 11.8 Å². The van der Waals surface area contributed by atoms with Crippen molar-refractivity contribution in [3.63, 3.8) is 0 Å². The number of benzene rings is 1. The predicted molar refractivity (Wildman–Crippen MR) is 66.1 cm³/mol. The molecule has 0 heterocycles.